The zero-order chi connectivity index (χ0) is 50.5. The molecule has 2 aliphatic heterocycles. The van der Waals surface area contributed by atoms with Crippen molar-refractivity contribution in [3.63, 3.8) is 0 Å². The van der Waals surface area contributed by atoms with Gasteiger partial charge in [0.05, 0.1) is 30.5 Å². The molecule has 10 rings (SSSR count). The second kappa shape index (κ2) is 19.9. The summed E-state index contributed by atoms with van der Waals surface area (Å²) in [4.78, 5) is 58.7. The van der Waals surface area contributed by atoms with Gasteiger partial charge >= 0.3 is 0 Å². The largest absolute Gasteiger partial charge is 0.474 e. The molecule has 372 valence electrons. The highest BCUT2D eigenvalue weighted by atomic mass is 35.5. The number of fused-ring (bicyclic) bond motifs is 3. The Morgan fingerprint density at radius 3 is 2.39 bits per heavy atom. The topological polar surface area (TPSA) is 200 Å². The van der Waals surface area contributed by atoms with Gasteiger partial charge in [-0.05, 0) is 87.6 Å². The number of nitrogens with zero attached hydrogens (tertiary/aromatic N) is 10. The van der Waals surface area contributed by atoms with Gasteiger partial charge in [0.25, 0.3) is 0 Å². The Bertz CT molecular complexity index is 3190. The van der Waals surface area contributed by atoms with E-state index in [1.165, 1.54) is 9.78 Å². The lowest BCUT2D eigenvalue weighted by atomic mass is 9.89. The number of likely N-dealkylation sites (tertiary alicyclic amines) is 1. The minimum absolute atomic E-state index is 0.0408. The number of hydrogen-bond acceptors (Lipinski definition) is 12. The number of imidazole rings is 1. The van der Waals surface area contributed by atoms with E-state index in [-0.39, 0.29) is 61.2 Å². The van der Waals surface area contributed by atoms with Gasteiger partial charge in [-0.3, -0.25) is 28.6 Å². The van der Waals surface area contributed by atoms with E-state index < -0.39 is 24.2 Å². The van der Waals surface area contributed by atoms with E-state index in [1.54, 1.807) is 34.6 Å². The first kappa shape index (κ1) is 48.6. The fourth-order valence-corrected chi connectivity index (χ4v) is 11.3. The van der Waals surface area contributed by atoms with Crippen molar-refractivity contribution in [3.8, 4) is 27.7 Å². The highest BCUT2D eigenvalue weighted by Crippen LogP contribution is 2.40. The fraction of sp³-hybridized carbons (Fsp3) is 0.377. The minimum Gasteiger partial charge on any atom is -0.474 e. The van der Waals surface area contributed by atoms with Gasteiger partial charge < -0.3 is 29.9 Å². The summed E-state index contributed by atoms with van der Waals surface area (Å²) in [6, 6.07) is 16.6. The lowest BCUT2D eigenvalue weighted by Gasteiger charge is -2.35. The Morgan fingerprint density at radius 1 is 0.903 bits per heavy atom. The third kappa shape index (κ3) is 9.57. The zero-order valence-corrected chi connectivity index (χ0v) is 42.7. The van der Waals surface area contributed by atoms with Gasteiger partial charge in [0, 0.05) is 95.0 Å². The summed E-state index contributed by atoms with van der Waals surface area (Å²) in [5, 5.41) is 32.3. The number of aromatic nitrogens is 8. The van der Waals surface area contributed by atoms with Gasteiger partial charge in [-0.2, -0.15) is 5.10 Å². The van der Waals surface area contributed by atoms with E-state index in [1.807, 2.05) is 117 Å². The summed E-state index contributed by atoms with van der Waals surface area (Å²) >= 11 is 7.95. The van der Waals surface area contributed by atoms with E-state index in [9.17, 15) is 19.5 Å². The van der Waals surface area contributed by atoms with E-state index in [0.717, 1.165) is 61.4 Å². The number of nitrogens with one attached hydrogen (secondary N) is 2. The average Bonchev–Trinajstić information content (AvgIpc) is 4.19. The molecule has 1 saturated heterocycles. The molecule has 0 spiro atoms. The van der Waals surface area contributed by atoms with Crippen LogP contribution in [-0.4, -0.2) is 103 Å². The molecule has 2 fully saturated rings. The molecule has 1 saturated carbocycles. The third-order valence-corrected chi connectivity index (χ3v) is 15.5. The number of β-amino-alcohol motifs (C(OH)–C–C–N with tert-alkyl or cyclic N) is 1. The Labute approximate surface area is 426 Å². The van der Waals surface area contributed by atoms with E-state index in [0.29, 0.717) is 29.6 Å². The molecule has 17 nitrogen and oxygen atoms in total. The smallest absolute Gasteiger partial charge is 0.248 e. The molecule has 5 atom stereocenters. The number of aryl methyl sites for hydroxylation is 3. The van der Waals surface area contributed by atoms with Gasteiger partial charge in [0.2, 0.25) is 23.6 Å². The summed E-state index contributed by atoms with van der Waals surface area (Å²) in [7, 11) is 0. The molecule has 7 heterocycles. The number of aliphatic hydroxyl groups excluding tert-OH is 1. The Kier molecular flexibility index (Phi) is 13.4. The average molecular weight is 1010 g/mol. The van der Waals surface area contributed by atoms with Crippen LogP contribution in [0.25, 0.3) is 21.8 Å². The highest BCUT2D eigenvalue weighted by Gasteiger charge is 2.43. The number of amides is 3. The molecule has 3 aliphatic rings. The van der Waals surface area contributed by atoms with Crippen LogP contribution in [0, 0.1) is 33.6 Å². The van der Waals surface area contributed by atoms with Gasteiger partial charge in [-0.1, -0.05) is 49.7 Å². The van der Waals surface area contributed by atoms with Gasteiger partial charge in [0.1, 0.15) is 40.9 Å². The second-order valence-corrected chi connectivity index (χ2v) is 21.1. The van der Waals surface area contributed by atoms with Crippen LogP contribution in [-0.2, 0) is 14.4 Å². The number of ether oxygens (including phenoxy) is 1. The summed E-state index contributed by atoms with van der Waals surface area (Å²) in [6.07, 6.45) is 9.25. The van der Waals surface area contributed by atoms with Gasteiger partial charge in [0.15, 0.2) is 5.82 Å². The molecular weight excluding hydrogens is 952 g/mol. The van der Waals surface area contributed by atoms with Crippen LogP contribution in [0.3, 0.4) is 0 Å². The van der Waals surface area contributed by atoms with E-state index >= 15 is 0 Å². The van der Waals surface area contributed by atoms with E-state index in [2.05, 4.69) is 49.7 Å². The predicted octanol–water partition coefficient (Wildman–Crippen LogP) is 7.70. The normalized spacial score (nSPS) is 20.2. The summed E-state index contributed by atoms with van der Waals surface area (Å²) in [6.45, 7) is 13.9. The van der Waals surface area contributed by atoms with Crippen LogP contribution in [0.2, 0.25) is 5.02 Å². The van der Waals surface area contributed by atoms with Crippen molar-refractivity contribution in [1.29, 1.82) is 0 Å². The number of pyridine rings is 1. The molecule has 72 heavy (non-hydrogen) atoms. The van der Waals surface area contributed by atoms with Crippen LogP contribution in [0.1, 0.15) is 109 Å². The summed E-state index contributed by atoms with van der Waals surface area (Å²) in [5.41, 5.74) is 7.25. The maximum Gasteiger partial charge on any atom is 0.248 e. The standard InChI is InChI=1S/C53H57ClN12O5S/c1-28(2)49(52(70)64-27-41(67)23-44(64)51(69)58-30(4)34-10-14-40(15-11-34)63-19-18-55-32(63)6)65-26-37(25-57-65)36-16-17-56-46(20-36)71-42-21-39(22-42)59-45(68)24-43-50-62-61-33(7)66(50)53-47(29(3)31(5)72-53)48(60-43)35-8-12-38(54)13-9-35/h8-20,25-26,28,30,39,41-44,49,67H,21-24,27H2,1-7H3,(H,58,69)(H,59,68)/t30-,39?,41+,42?,43-,44-,49-/m0/s1. The minimum atomic E-state index is -0.848. The molecule has 0 radical (unpaired) electrons. The van der Waals surface area contributed by atoms with E-state index in [4.69, 9.17) is 21.3 Å². The molecule has 19 heteroatoms. The summed E-state index contributed by atoms with van der Waals surface area (Å²) < 4.78 is 12.0. The van der Waals surface area contributed by atoms with Gasteiger partial charge in [-0.25, -0.2) is 9.97 Å². The van der Waals surface area contributed by atoms with Crippen molar-refractivity contribution in [1.82, 2.24) is 54.6 Å². The number of thiophene rings is 1. The SMILES string of the molecule is Cc1sc2c(c1C)C(c1ccc(Cl)cc1)=N[C@@H](CC(=O)NC1CC(Oc3cc(-c4cnn([C@H](C(=O)N5C[C@H](O)C[C@H]5C(=O)N[C@@H](C)c5ccc(-n6ccnc6C)cc5)C(C)C)c4)ccn3)C1)c1nnc(C)n1-2. The first-order valence-electron chi connectivity index (χ1n) is 24.3. The zero-order valence-electron chi connectivity index (χ0n) is 41.2. The van der Waals surface area contributed by atoms with Crippen molar-refractivity contribution in [3.05, 3.63) is 141 Å². The predicted molar refractivity (Wildman–Crippen MR) is 274 cm³/mol. The Balaban J connectivity index is 0.762. The van der Waals surface area contributed by atoms with Crippen LogP contribution in [0.15, 0.2) is 96.6 Å². The highest BCUT2D eigenvalue weighted by molar-refractivity contribution is 7.15. The maximum atomic E-state index is 14.4. The second-order valence-electron chi connectivity index (χ2n) is 19.4. The first-order chi connectivity index (χ1) is 34.6. The molecule has 0 bridgehead atoms. The van der Waals surface area contributed by atoms with Crippen LogP contribution in [0.4, 0.5) is 0 Å². The maximum absolute atomic E-state index is 14.4. The van der Waals surface area contributed by atoms with Crippen molar-refractivity contribution in [2.75, 3.05) is 6.54 Å². The van der Waals surface area contributed by atoms with Crippen molar-refractivity contribution in [2.45, 2.75) is 117 Å². The molecular formula is C53H57ClN12O5S. The lowest BCUT2D eigenvalue weighted by Crippen LogP contribution is -2.49. The summed E-state index contributed by atoms with van der Waals surface area (Å²) in [5.74, 6) is 1.70. The van der Waals surface area contributed by atoms with Crippen molar-refractivity contribution < 1.29 is 24.2 Å². The van der Waals surface area contributed by atoms with Crippen LogP contribution >= 0.6 is 22.9 Å². The first-order valence-corrected chi connectivity index (χ1v) is 25.5. The molecule has 1 aliphatic carbocycles. The molecule has 2 aromatic carbocycles. The Morgan fingerprint density at radius 2 is 1.67 bits per heavy atom. The van der Waals surface area contributed by atoms with Crippen molar-refractivity contribution >= 4 is 46.4 Å². The molecule has 3 N–H and O–H groups in total. The monoisotopic (exact) mass is 1010 g/mol. The number of halogens is 1. The quantitative estimate of drug-likeness (QED) is 0.0970. The molecule has 5 aromatic heterocycles. The van der Waals surface area contributed by atoms with Crippen molar-refractivity contribution in [2.24, 2.45) is 10.9 Å². The Hall–Kier alpha value is -7.02. The number of aliphatic hydroxyl groups is 1. The number of aliphatic imine (C=N–C) groups is 1. The van der Waals surface area contributed by atoms with Gasteiger partial charge in [-0.15, -0.1) is 21.5 Å². The number of carbonyl (C=O) groups excluding carboxylic acids is 3. The molecule has 7 aromatic rings. The third-order valence-electron chi connectivity index (χ3n) is 14.0. The molecule has 0 unspecified atom stereocenters. The number of benzene rings is 2. The lowest BCUT2D eigenvalue weighted by molar-refractivity contribution is -0.142. The fourth-order valence-electron chi connectivity index (χ4n) is 9.98. The molecule has 3 amide bonds. The van der Waals surface area contributed by atoms with Crippen LogP contribution < -0.4 is 15.4 Å². The van der Waals surface area contributed by atoms with Crippen LogP contribution in [0.5, 0.6) is 5.88 Å². The number of carbonyl (C=O) groups is 3. The number of hydrogen-bond donors (Lipinski definition) is 3. The number of rotatable bonds is 14.